The van der Waals surface area contributed by atoms with Crippen molar-refractivity contribution in [2.24, 2.45) is 4.99 Å². The minimum atomic E-state index is 1.08. The van der Waals surface area contributed by atoms with Crippen LogP contribution in [0.15, 0.2) is 29.8 Å². The largest absolute Gasteiger partial charge is 0.258 e. The van der Waals surface area contributed by atoms with Gasteiger partial charge >= 0.3 is 0 Å². The van der Waals surface area contributed by atoms with Crippen LogP contribution in [0, 0.1) is 6.92 Å². The lowest BCUT2D eigenvalue weighted by Crippen LogP contribution is -1.90. The van der Waals surface area contributed by atoms with E-state index in [4.69, 9.17) is 0 Å². The van der Waals surface area contributed by atoms with Crippen LogP contribution in [-0.2, 0) is 0 Å². The summed E-state index contributed by atoms with van der Waals surface area (Å²) in [7, 11) is 0. The van der Waals surface area contributed by atoms with E-state index in [1.165, 1.54) is 24.1 Å². The molecule has 0 spiro atoms. The number of aryl methyl sites for hydroxylation is 1. The first-order valence-corrected chi connectivity index (χ1v) is 5.94. The molecule has 0 saturated heterocycles. The molecule has 0 saturated carbocycles. The van der Waals surface area contributed by atoms with Crippen LogP contribution in [-0.4, -0.2) is 5.71 Å². The molecule has 0 bridgehead atoms. The van der Waals surface area contributed by atoms with Crippen LogP contribution in [0.1, 0.15) is 44.2 Å². The van der Waals surface area contributed by atoms with Gasteiger partial charge in [-0.05, 0) is 43.9 Å². The summed E-state index contributed by atoms with van der Waals surface area (Å²) in [6.45, 7) is 10.2. The molecule has 1 aromatic carbocycles. The predicted octanol–water partition coefficient (Wildman–Crippen LogP) is 4.92. The molecule has 1 nitrogen and oxygen atoms in total. The molecule has 0 aliphatic rings. The van der Waals surface area contributed by atoms with Crippen molar-refractivity contribution >= 4 is 17.5 Å². The second-order valence-corrected chi connectivity index (χ2v) is 4.20. The maximum Gasteiger partial charge on any atom is 0.0663 e. The molecule has 1 heteroatoms. The predicted molar refractivity (Wildman–Crippen MR) is 73.6 cm³/mol. The molecule has 1 rings (SSSR count). The van der Waals surface area contributed by atoms with E-state index in [0.717, 1.165) is 17.7 Å². The highest BCUT2D eigenvalue weighted by atomic mass is 14.7. The minimum Gasteiger partial charge on any atom is -0.258 e. The Bertz CT molecular complexity index is 388. The fourth-order valence-electron chi connectivity index (χ4n) is 1.57. The van der Waals surface area contributed by atoms with Crippen molar-refractivity contribution in [3.8, 4) is 0 Å². The Morgan fingerprint density at radius 2 is 2.19 bits per heavy atom. The van der Waals surface area contributed by atoms with Crippen molar-refractivity contribution in [3.63, 3.8) is 0 Å². The Morgan fingerprint density at radius 1 is 1.44 bits per heavy atom. The highest BCUT2D eigenvalue weighted by Gasteiger charge is 1.98. The lowest BCUT2D eigenvalue weighted by Gasteiger charge is -2.04. The third-order valence-corrected chi connectivity index (χ3v) is 2.67. The van der Waals surface area contributed by atoms with Gasteiger partial charge in [0.2, 0.25) is 0 Å². The van der Waals surface area contributed by atoms with Gasteiger partial charge in [0.05, 0.1) is 5.69 Å². The highest BCUT2D eigenvalue weighted by molar-refractivity contribution is 5.85. The van der Waals surface area contributed by atoms with Crippen LogP contribution in [0.25, 0.3) is 6.08 Å². The van der Waals surface area contributed by atoms with Gasteiger partial charge in [0, 0.05) is 5.71 Å². The van der Waals surface area contributed by atoms with Crippen molar-refractivity contribution in [1.82, 2.24) is 0 Å². The molecule has 0 amide bonds. The Hall–Kier alpha value is -1.37. The van der Waals surface area contributed by atoms with Gasteiger partial charge in [-0.25, -0.2) is 0 Å². The molecule has 1 aromatic rings. The van der Waals surface area contributed by atoms with E-state index in [-0.39, 0.29) is 0 Å². The van der Waals surface area contributed by atoms with E-state index < -0.39 is 0 Å². The third-order valence-electron chi connectivity index (χ3n) is 2.67. The first-order valence-electron chi connectivity index (χ1n) is 5.94. The minimum absolute atomic E-state index is 1.08. The maximum atomic E-state index is 4.67. The van der Waals surface area contributed by atoms with Crippen LogP contribution in [0.2, 0.25) is 0 Å². The fourth-order valence-corrected chi connectivity index (χ4v) is 1.57. The van der Waals surface area contributed by atoms with Crippen LogP contribution in [0.5, 0.6) is 0 Å². The Morgan fingerprint density at radius 3 is 2.81 bits per heavy atom. The Kier molecular flexibility index (Phi) is 4.97. The van der Waals surface area contributed by atoms with Gasteiger partial charge in [-0.3, -0.25) is 4.99 Å². The van der Waals surface area contributed by atoms with Crippen LogP contribution >= 0.6 is 0 Å². The molecule has 0 aliphatic carbocycles. The number of hydrogen-bond donors (Lipinski definition) is 0. The number of aliphatic imine (C=N–C) groups is 1. The second-order valence-electron chi connectivity index (χ2n) is 4.20. The highest BCUT2D eigenvalue weighted by Crippen LogP contribution is 2.21. The summed E-state index contributed by atoms with van der Waals surface area (Å²) in [5, 5.41) is 0. The van der Waals surface area contributed by atoms with E-state index >= 15 is 0 Å². The van der Waals surface area contributed by atoms with Crippen LogP contribution < -0.4 is 0 Å². The summed E-state index contributed by atoms with van der Waals surface area (Å²) in [6, 6.07) is 6.27. The van der Waals surface area contributed by atoms with Crippen molar-refractivity contribution in [1.29, 1.82) is 0 Å². The number of nitrogens with zero attached hydrogens (tertiary/aromatic N) is 1. The molecule has 0 N–H and O–H groups in total. The van der Waals surface area contributed by atoms with Crippen LogP contribution in [0.3, 0.4) is 0 Å². The van der Waals surface area contributed by atoms with E-state index in [0.29, 0.717) is 0 Å². The van der Waals surface area contributed by atoms with Crippen molar-refractivity contribution in [3.05, 3.63) is 35.9 Å². The summed E-state index contributed by atoms with van der Waals surface area (Å²) in [5.41, 5.74) is 4.64. The monoisotopic (exact) mass is 215 g/mol. The summed E-state index contributed by atoms with van der Waals surface area (Å²) in [5.74, 6) is 0. The van der Waals surface area contributed by atoms with Gasteiger partial charge in [0.1, 0.15) is 0 Å². The first kappa shape index (κ1) is 12.7. The number of unbranched alkanes of at least 4 members (excludes halogenated alkanes) is 1. The average Bonchev–Trinajstić information content (AvgIpc) is 2.29. The van der Waals surface area contributed by atoms with Gasteiger partial charge in [0.25, 0.3) is 0 Å². The third kappa shape index (κ3) is 3.65. The molecule has 86 valence electrons. The molecule has 0 unspecified atom stereocenters. The summed E-state index contributed by atoms with van der Waals surface area (Å²) in [4.78, 5) is 4.67. The van der Waals surface area contributed by atoms with Crippen molar-refractivity contribution in [2.75, 3.05) is 0 Å². The van der Waals surface area contributed by atoms with Gasteiger partial charge in [0.15, 0.2) is 0 Å². The Labute approximate surface area is 98.9 Å². The lowest BCUT2D eigenvalue weighted by molar-refractivity contribution is 0.833. The molecular formula is C15H21N. The molecular weight excluding hydrogens is 194 g/mol. The average molecular weight is 215 g/mol. The zero-order valence-corrected chi connectivity index (χ0v) is 10.6. The molecule has 0 radical (unpaired) electrons. The lowest BCUT2D eigenvalue weighted by atomic mass is 10.1. The topological polar surface area (TPSA) is 12.4 Å². The summed E-state index contributed by atoms with van der Waals surface area (Å²) in [6.07, 6.45) is 5.39. The normalized spacial score (nSPS) is 11.6. The first-order chi connectivity index (χ1) is 7.67. The van der Waals surface area contributed by atoms with E-state index in [1.54, 1.807) is 0 Å². The van der Waals surface area contributed by atoms with Crippen molar-refractivity contribution < 1.29 is 0 Å². The Balaban J connectivity index is 2.90. The molecule has 0 aromatic heterocycles. The second kappa shape index (κ2) is 6.26. The van der Waals surface area contributed by atoms with Gasteiger partial charge in [-0.2, -0.15) is 0 Å². The fraction of sp³-hybridized carbons (Fsp3) is 0.400. The van der Waals surface area contributed by atoms with E-state index in [2.05, 4.69) is 50.5 Å². The zero-order valence-electron chi connectivity index (χ0n) is 10.6. The quantitative estimate of drug-likeness (QED) is 0.618. The van der Waals surface area contributed by atoms with E-state index in [1.807, 2.05) is 6.08 Å². The molecule has 16 heavy (non-hydrogen) atoms. The molecule has 0 atom stereocenters. The van der Waals surface area contributed by atoms with Gasteiger partial charge in [-0.15, -0.1) is 0 Å². The summed E-state index contributed by atoms with van der Waals surface area (Å²) < 4.78 is 0. The number of rotatable bonds is 5. The van der Waals surface area contributed by atoms with Gasteiger partial charge in [-0.1, -0.05) is 38.1 Å². The molecule has 0 heterocycles. The van der Waals surface area contributed by atoms with Crippen LogP contribution in [0.4, 0.5) is 5.69 Å². The van der Waals surface area contributed by atoms with Crippen molar-refractivity contribution in [2.45, 2.75) is 40.0 Å². The summed E-state index contributed by atoms with van der Waals surface area (Å²) >= 11 is 0. The number of hydrogen-bond acceptors (Lipinski definition) is 1. The smallest absolute Gasteiger partial charge is 0.0663 e. The molecule has 0 aliphatic heterocycles. The molecule has 0 fully saturated rings. The number of benzene rings is 1. The SMILES string of the molecule is C=Cc1ccc(C)c(/N=C(\C)CCCC)c1. The van der Waals surface area contributed by atoms with Gasteiger partial charge < -0.3 is 0 Å². The maximum absolute atomic E-state index is 4.67. The van der Waals surface area contributed by atoms with E-state index in [9.17, 15) is 0 Å². The zero-order chi connectivity index (χ0) is 12.0. The standard InChI is InChI=1S/C15H21N/c1-5-7-8-13(4)16-15-11-14(6-2)10-9-12(15)3/h6,9-11H,2,5,7-8H2,1,3-4H3/b16-13+.